The molecule has 0 radical (unpaired) electrons. The summed E-state index contributed by atoms with van der Waals surface area (Å²) in [4.78, 5) is 21.0. The minimum atomic E-state index is -0.0755. The number of hydrazine groups is 1. The lowest BCUT2D eigenvalue weighted by Gasteiger charge is -2.09. The largest absolute Gasteiger partial charge is 0.321 e. The smallest absolute Gasteiger partial charge is 0.263 e. The van der Waals surface area contributed by atoms with Crippen molar-refractivity contribution in [3.8, 4) is 11.1 Å². The summed E-state index contributed by atoms with van der Waals surface area (Å²) in [6.45, 7) is 2.61. The van der Waals surface area contributed by atoms with E-state index in [0.717, 1.165) is 22.4 Å². The molecule has 0 saturated heterocycles. The summed E-state index contributed by atoms with van der Waals surface area (Å²) in [6, 6.07) is 18.6. The van der Waals surface area contributed by atoms with Gasteiger partial charge in [-0.25, -0.2) is 15.4 Å². The van der Waals surface area contributed by atoms with Gasteiger partial charge in [-0.1, -0.05) is 36.4 Å². The van der Waals surface area contributed by atoms with E-state index in [4.69, 9.17) is 0 Å². The highest BCUT2D eigenvalue weighted by Gasteiger charge is 2.17. The maximum Gasteiger partial charge on any atom is 0.263 e. The Hall–Kier alpha value is -3.51. The van der Waals surface area contributed by atoms with Crippen LogP contribution in [0.4, 0.5) is 5.69 Å². The lowest BCUT2D eigenvalue weighted by Crippen LogP contribution is -2.21. The predicted octanol–water partition coefficient (Wildman–Crippen LogP) is 3.50. The molecule has 0 spiro atoms. The molecule has 4 aromatic rings. The SMILES string of the molecule is CC1NNc2cc(-c3ccc(Cn4cnc5ncccc5c4=O)cc3)ccc21. The van der Waals surface area contributed by atoms with Crippen molar-refractivity contribution < 1.29 is 0 Å². The maximum absolute atomic E-state index is 12.6. The molecule has 1 unspecified atom stereocenters. The molecule has 0 fully saturated rings. The molecule has 5 rings (SSSR count). The Kier molecular flexibility index (Phi) is 3.91. The predicted molar refractivity (Wildman–Crippen MR) is 110 cm³/mol. The zero-order chi connectivity index (χ0) is 19.1. The van der Waals surface area contributed by atoms with E-state index in [1.807, 2.05) is 0 Å². The Morgan fingerprint density at radius 3 is 2.71 bits per heavy atom. The average molecular weight is 369 g/mol. The van der Waals surface area contributed by atoms with E-state index in [0.29, 0.717) is 23.6 Å². The van der Waals surface area contributed by atoms with Crippen molar-refractivity contribution in [2.24, 2.45) is 0 Å². The highest BCUT2D eigenvalue weighted by Crippen LogP contribution is 2.32. The standard InChI is InChI=1S/C22H19N5O/c1-14-18-9-8-17(11-20(18)26-25-14)16-6-4-15(5-7-16)12-27-13-24-21-19(22(27)28)3-2-10-23-21/h2-11,13-14,25-26H,12H2,1H3. The van der Waals surface area contributed by atoms with Crippen LogP contribution in [-0.2, 0) is 6.54 Å². The van der Waals surface area contributed by atoms with Crippen molar-refractivity contribution in [1.82, 2.24) is 20.0 Å². The summed E-state index contributed by atoms with van der Waals surface area (Å²) in [6.07, 6.45) is 3.20. The first-order valence-corrected chi connectivity index (χ1v) is 9.24. The van der Waals surface area contributed by atoms with Crippen molar-refractivity contribution in [3.63, 3.8) is 0 Å². The number of hydrogen-bond acceptors (Lipinski definition) is 5. The Morgan fingerprint density at radius 1 is 1.04 bits per heavy atom. The van der Waals surface area contributed by atoms with Gasteiger partial charge in [0, 0.05) is 6.20 Å². The van der Waals surface area contributed by atoms with Crippen LogP contribution in [-0.4, -0.2) is 14.5 Å². The zero-order valence-electron chi connectivity index (χ0n) is 15.4. The number of nitrogens with zero attached hydrogens (tertiary/aromatic N) is 3. The monoisotopic (exact) mass is 369 g/mol. The van der Waals surface area contributed by atoms with E-state index in [1.165, 1.54) is 5.56 Å². The zero-order valence-corrected chi connectivity index (χ0v) is 15.4. The molecule has 0 amide bonds. The summed E-state index contributed by atoms with van der Waals surface area (Å²) in [7, 11) is 0. The number of nitrogens with one attached hydrogen (secondary N) is 2. The molecule has 1 aliphatic heterocycles. The lowest BCUT2D eigenvalue weighted by molar-refractivity contribution is 0.687. The van der Waals surface area contributed by atoms with Gasteiger partial charge in [0.2, 0.25) is 0 Å². The van der Waals surface area contributed by atoms with Crippen LogP contribution in [0.5, 0.6) is 0 Å². The van der Waals surface area contributed by atoms with Crippen LogP contribution in [0, 0.1) is 0 Å². The van der Waals surface area contributed by atoms with Crippen LogP contribution < -0.4 is 16.4 Å². The van der Waals surface area contributed by atoms with Crippen LogP contribution in [0.1, 0.15) is 24.1 Å². The normalized spacial score (nSPS) is 15.4. The number of rotatable bonds is 3. The van der Waals surface area contributed by atoms with E-state index in [2.05, 4.69) is 70.2 Å². The fourth-order valence-electron chi connectivity index (χ4n) is 3.60. The van der Waals surface area contributed by atoms with Gasteiger partial charge in [-0.15, -0.1) is 0 Å². The first-order chi connectivity index (χ1) is 13.7. The molecule has 3 heterocycles. The first-order valence-electron chi connectivity index (χ1n) is 9.24. The average Bonchev–Trinajstić information content (AvgIpc) is 3.11. The highest BCUT2D eigenvalue weighted by atomic mass is 16.1. The summed E-state index contributed by atoms with van der Waals surface area (Å²) in [5, 5.41) is 0.537. The molecule has 2 N–H and O–H groups in total. The van der Waals surface area contributed by atoms with E-state index in [-0.39, 0.29) is 5.56 Å². The molecule has 6 heteroatoms. The van der Waals surface area contributed by atoms with Gasteiger partial charge in [0.15, 0.2) is 5.65 Å². The van der Waals surface area contributed by atoms with Crippen molar-refractivity contribution >= 4 is 16.7 Å². The summed E-state index contributed by atoms with van der Waals surface area (Å²) in [5.74, 6) is 0. The lowest BCUT2D eigenvalue weighted by atomic mass is 10.00. The van der Waals surface area contributed by atoms with E-state index in [1.54, 1.807) is 29.2 Å². The summed E-state index contributed by atoms with van der Waals surface area (Å²) in [5.41, 5.74) is 12.6. The van der Waals surface area contributed by atoms with Crippen LogP contribution in [0.3, 0.4) is 0 Å². The number of aromatic nitrogens is 3. The van der Waals surface area contributed by atoms with E-state index < -0.39 is 0 Å². The molecular weight excluding hydrogens is 350 g/mol. The van der Waals surface area contributed by atoms with Gasteiger partial charge in [0.25, 0.3) is 5.56 Å². The molecule has 2 aromatic carbocycles. The Labute approximate surface area is 161 Å². The number of fused-ring (bicyclic) bond motifs is 2. The quantitative estimate of drug-likeness (QED) is 0.578. The molecule has 1 atom stereocenters. The van der Waals surface area contributed by atoms with Gasteiger partial charge < -0.3 is 5.43 Å². The number of pyridine rings is 1. The molecule has 138 valence electrons. The second-order valence-corrected chi connectivity index (χ2v) is 7.04. The summed E-state index contributed by atoms with van der Waals surface area (Å²) < 4.78 is 1.62. The Bertz CT molecular complexity index is 1230. The van der Waals surface area contributed by atoms with Crippen molar-refractivity contribution in [2.75, 3.05) is 5.43 Å². The topological polar surface area (TPSA) is 71.8 Å². The van der Waals surface area contributed by atoms with Gasteiger partial charge >= 0.3 is 0 Å². The van der Waals surface area contributed by atoms with Crippen molar-refractivity contribution in [1.29, 1.82) is 0 Å². The minimum absolute atomic E-state index is 0.0755. The highest BCUT2D eigenvalue weighted by molar-refractivity contribution is 5.73. The van der Waals surface area contributed by atoms with Gasteiger partial charge in [-0.2, -0.15) is 0 Å². The second kappa shape index (κ2) is 6.58. The van der Waals surface area contributed by atoms with Gasteiger partial charge in [-0.3, -0.25) is 9.36 Å². The first kappa shape index (κ1) is 16.6. The fraction of sp³-hybridized carbons (Fsp3) is 0.136. The minimum Gasteiger partial charge on any atom is -0.321 e. The van der Waals surface area contributed by atoms with E-state index in [9.17, 15) is 4.79 Å². The van der Waals surface area contributed by atoms with Crippen LogP contribution in [0.15, 0.2) is 71.9 Å². The van der Waals surface area contributed by atoms with Crippen LogP contribution in [0.2, 0.25) is 0 Å². The molecule has 2 aromatic heterocycles. The molecule has 6 nitrogen and oxygen atoms in total. The van der Waals surface area contributed by atoms with Gasteiger partial charge in [0.05, 0.1) is 23.7 Å². The molecule has 0 saturated carbocycles. The molecule has 1 aliphatic rings. The second-order valence-electron chi connectivity index (χ2n) is 7.04. The van der Waals surface area contributed by atoms with E-state index >= 15 is 0 Å². The van der Waals surface area contributed by atoms with Crippen LogP contribution >= 0.6 is 0 Å². The van der Waals surface area contributed by atoms with Crippen molar-refractivity contribution in [2.45, 2.75) is 19.5 Å². The van der Waals surface area contributed by atoms with Crippen molar-refractivity contribution in [3.05, 3.63) is 88.6 Å². The molecule has 0 aliphatic carbocycles. The third-order valence-electron chi connectivity index (χ3n) is 5.18. The fourth-order valence-corrected chi connectivity index (χ4v) is 3.60. The maximum atomic E-state index is 12.6. The number of hydrogen-bond donors (Lipinski definition) is 2. The third kappa shape index (κ3) is 2.84. The number of anilines is 1. The molecule has 0 bridgehead atoms. The van der Waals surface area contributed by atoms with Gasteiger partial charge in [-0.05, 0) is 47.4 Å². The Morgan fingerprint density at radius 2 is 1.86 bits per heavy atom. The Balaban J connectivity index is 1.42. The molecule has 28 heavy (non-hydrogen) atoms. The number of benzene rings is 2. The third-order valence-corrected chi connectivity index (χ3v) is 5.18. The molecular formula is C22H19N5O. The van der Waals surface area contributed by atoms with Gasteiger partial charge in [0.1, 0.15) is 6.33 Å². The summed E-state index contributed by atoms with van der Waals surface area (Å²) >= 11 is 0. The van der Waals surface area contributed by atoms with Crippen LogP contribution in [0.25, 0.3) is 22.2 Å².